The number of fused-ring (bicyclic) bond motifs is 2. The molecule has 26 heteroatoms. The standard InChI is InChI=1S/C59H85N15O11/c1-5-6-20-40(66-35(4)75)51(78)71-45-32-48(76)63-26-13-12-22-42(57(84)73-28-16-25-47(73)56(83)72-49(34(2)3)50(60)77)68-54(81)44(31-37-33-65-39-21-11-10-19-38(37)39)69-52(79)41(23-14-27-64-59(61)62)67-53(80)43(30-36-17-8-7-9-18-36)70-55(82)46-24-15-29-74(46)58(45)85/h7-11,17-19,21,33-34,40-47,49,65H,5-6,12-16,20,22-32H2,1-4H3,(H2,60,77)(H,63,76)(H,66,75)(H,67,80)(H,68,81)(H,69,79)(H,70,82)(H,71,78)(H,72,83)(H4,61,62,64)/t40-,41?,42-,43+,44-,45+,46-,47-,49-/m0/s1. The van der Waals surface area contributed by atoms with Gasteiger partial charge in [-0.1, -0.05) is 82.1 Å². The third kappa shape index (κ3) is 19.0. The molecule has 3 aromatic rings. The quantitative estimate of drug-likeness (QED) is 0.0407. The zero-order valence-corrected chi connectivity index (χ0v) is 49.0. The highest BCUT2D eigenvalue weighted by Crippen LogP contribution is 2.24. The number of nitrogens with one attached hydrogen (secondary N) is 9. The second kappa shape index (κ2) is 31.9. The van der Waals surface area contributed by atoms with Gasteiger partial charge in [0.2, 0.25) is 65.0 Å². The number of nitrogens with zero attached hydrogens (tertiary/aromatic N) is 3. The van der Waals surface area contributed by atoms with Gasteiger partial charge in [0.15, 0.2) is 5.96 Å². The highest BCUT2D eigenvalue weighted by molar-refractivity contribution is 6.00. The summed E-state index contributed by atoms with van der Waals surface area (Å²) >= 11 is 0. The third-order valence-electron chi connectivity index (χ3n) is 15.6. The molecule has 462 valence electrons. The van der Waals surface area contributed by atoms with E-state index in [1.807, 2.05) is 31.2 Å². The number of amides is 11. The lowest BCUT2D eigenvalue weighted by Crippen LogP contribution is -2.61. The number of benzene rings is 2. The predicted molar refractivity (Wildman–Crippen MR) is 316 cm³/mol. The normalized spacial score (nSPS) is 23.0. The molecule has 0 spiro atoms. The van der Waals surface area contributed by atoms with E-state index in [0.717, 1.165) is 10.9 Å². The van der Waals surface area contributed by atoms with Crippen molar-refractivity contribution in [3.05, 3.63) is 71.9 Å². The number of hydrogen-bond acceptors (Lipinski definition) is 12. The molecule has 4 heterocycles. The minimum absolute atomic E-state index is 0.00835. The van der Waals surface area contributed by atoms with Crippen molar-refractivity contribution in [3.63, 3.8) is 0 Å². The van der Waals surface area contributed by atoms with Crippen molar-refractivity contribution in [3.8, 4) is 0 Å². The zero-order chi connectivity index (χ0) is 61.7. The Bertz CT molecular complexity index is 2890. The Labute approximate surface area is 494 Å². The van der Waals surface area contributed by atoms with Crippen LogP contribution in [0, 0.1) is 5.92 Å². The Morgan fingerprint density at radius 3 is 2.12 bits per heavy atom. The number of carbonyl (C=O) groups is 11. The SMILES string of the molecule is CCCC[C@H](NC(C)=O)C(=O)N[C@@H]1CC(=O)NCCCC[C@@H](C(=O)N2CCC[C@H]2C(=O)N[C@H](C(N)=O)C(C)C)NC(=O)[C@H](Cc2c[nH]c3ccccc23)NC(=O)C(CCCN=C(N)N)NC(=O)[C@@H](Cc2ccccc2)NC(=O)[C@@H]2CCCN2C1=O. The van der Waals surface area contributed by atoms with Gasteiger partial charge >= 0.3 is 0 Å². The molecule has 3 fully saturated rings. The maximum Gasteiger partial charge on any atom is 0.246 e. The molecule has 0 bridgehead atoms. The summed E-state index contributed by atoms with van der Waals surface area (Å²) in [5.74, 6) is -8.25. The molecule has 15 N–H and O–H groups in total. The van der Waals surface area contributed by atoms with E-state index in [2.05, 4.69) is 52.5 Å². The van der Waals surface area contributed by atoms with Crippen molar-refractivity contribution >= 4 is 81.8 Å². The molecule has 3 aliphatic rings. The Hall–Kier alpha value is -8.58. The average Bonchev–Trinajstić information content (AvgIpc) is 4.35. The smallest absolute Gasteiger partial charge is 0.246 e. The van der Waals surface area contributed by atoms with Gasteiger partial charge in [0.25, 0.3) is 0 Å². The van der Waals surface area contributed by atoms with Crippen LogP contribution < -0.4 is 59.7 Å². The molecular weight excluding hydrogens is 1090 g/mol. The molecule has 0 saturated carbocycles. The maximum absolute atomic E-state index is 15.1. The van der Waals surface area contributed by atoms with Crippen LogP contribution in [0.15, 0.2) is 65.8 Å². The summed E-state index contributed by atoms with van der Waals surface area (Å²) in [7, 11) is 0. The van der Waals surface area contributed by atoms with Gasteiger partial charge in [0.05, 0.1) is 6.42 Å². The van der Waals surface area contributed by atoms with Crippen LogP contribution in [0.5, 0.6) is 0 Å². The number of nitrogens with two attached hydrogens (primary N) is 3. The largest absolute Gasteiger partial charge is 0.370 e. The molecule has 0 aliphatic carbocycles. The molecule has 3 aliphatic heterocycles. The minimum Gasteiger partial charge on any atom is -0.370 e. The molecular formula is C59H85N15O11. The van der Waals surface area contributed by atoms with Crippen molar-refractivity contribution in [2.75, 3.05) is 26.2 Å². The summed E-state index contributed by atoms with van der Waals surface area (Å²) in [6.45, 7) is 6.84. The van der Waals surface area contributed by atoms with Gasteiger partial charge in [0.1, 0.15) is 54.4 Å². The van der Waals surface area contributed by atoms with E-state index in [4.69, 9.17) is 17.2 Å². The van der Waals surface area contributed by atoms with E-state index in [9.17, 15) is 47.9 Å². The van der Waals surface area contributed by atoms with Crippen LogP contribution in [0.3, 0.4) is 0 Å². The topological polar surface area (TPSA) is 397 Å². The first kappa shape index (κ1) is 65.6. The molecule has 26 nitrogen and oxygen atoms in total. The molecule has 11 amide bonds. The number of rotatable bonds is 19. The van der Waals surface area contributed by atoms with Crippen molar-refractivity contribution in [1.82, 2.24) is 57.3 Å². The van der Waals surface area contributed by atoms with Gasteiger partial charge in [-0.25, -0.2) is 0 Å². The van der Waals surface area contributed by atoms with Crippen LogP contribution in [-0.4, -0.2) is 166 Å². The lowest BCUT2D eigenvalue weighted by molar-refractivity contribution is -0.143. The third-order valence-corrected chi connectivity index (χ3v) is 15.6. The summed E-state index contributed by atoms with van der Waals surface area (Å²) in [4.78, 5) is 166. The van der Waals surface area contributed by atoms with Gasteiger partial charge in [0, 0.05) is 63.0 Å². The average molecular weight is 1180 g/mol. The number of likely N-dealkylation sites (tertiary alicyclic amines) is 1. The molecule has 1 aromatic heterocycles. The zero-order valence-electron chi connectivity index (χ0n) is 49.0. The van der Waals surface area contributed by atoms with Crippen LogP contribution in [0.25, 0.3) is 10.9 Å². The van der Waals surface area contributed by atoms with Crippen molar-refractivity contribution in [2.45, 2.75) is 178 Å². The molecule has 9 atom stereocenters. The Kier molecular flexibility index (Phi) is 24.6. The summed E-state index contributed by atoms with van der Waals surface area (Å²) in [5.41, 5.74) is 18.9. The highest BCUT2D eigenvalue weighted by Gasteiger charge is 2.43. The van der Waals surface area contributed by atoms with Crippen molar-refractivity contribution in [1.29, 1.82) is 0 Å². The maximum atomic E-state index is 15.1. The van der Waals surface area contributed by atoms with E-state index in [0.29, 0.717) is 36.8 Å². The number of aromatic amines is 1. The predicted octanol–water partition coefficient (Wildman–Crippen LogP) is -0.576. The number of unbranched alkanes of at least 4 members (excludes halogenated alkanes) is 1. The number of carbonyl (C=O) groups excluding carboxylic acids is 11. The van der Waals surface area contributed by atoms with Crippen LogP contribution in [0.4, 0.5) is 0 Å². The fourth-order valence-corrected chi connectivity index (χ4v) is 11.1. The highest BCUT2D eigenvalue weighted by atomic mass is 16.2. The summed E-state index contributed by atoms with van der Waals surface area (Å²) in [6.07, 6.45) is 4.08. The second-order valence-electron chi connectivity index (χ2n) is 22.5. The van der Waals surface area contributed by atoms with Crippen molar-refractivity contribution < 1.29 is 52.7 Å². The molecule has 1 unspecified atom stereocenters. The molecule has 85 heavy (non-hydrogen) atoms. The Morgan fingerprint density at radius 2 is 1.41 bits per heavy atom. The molecule has 0 radical (unpaired) electrons. The fourth-order valence-electron chi connectivity index (χ4n) is 11.1. The first-order valence-corrected chi connectivity index (χ1v) is 29.6. The van der Waals surface area contributed by atoms with Gasteiger partial charge in [-0.15, -0.1) is 0 Å². The van der Waals surface area contributed by atoms with Gasteiger partial charge in [-0.3, -0.25) is 57.7 Å². The van der Waals surface area contributed by atoms with Gasteiger partial charge < -0.3 is 74.5 Å². The number of aliphatic imine (C=N–C) groups is 1. The fraction of sp³-hybridized carbons (Fsp3) is 0.559. The van der Waals surface area contributed by atoms with E-state index < -0.39 is 126 Å². The van der Waals surface area contributed by atoms with E-state index in [-0.39, 0.29) is 102 Å². The van der Waals surface area contributed by atoms with E-state index >= 15 is 4.79 Å². The number of guanidine groups is 1. The number of H-pyrrole nitrogens is 1. The molecule has 6 rings (SSSR count). The summed E-state index contributed by atoms with van der Waals surface area (Å²) in [5, 5.41) is 23.0. The minimum atomic E-state index is -1.51. The lowest BCUT2D eigenvalue weighted by atomic mass is 10.0. The Morgan fingerprint density at radius 1 is 0.741 bits per heavy atom. The van der Waals surface area contributed by atoms with Crippen LogP contribution in [0.2, 0.25) is 0 Å². The summed E-state index contributed by atoms with van der Waals surface area (Å²) < 4.78 is 0. The second-order valence-corrected chi connectivity index (χ2v) is 22.5. The van der Waals surface area contributed by atoms with Crippen LogP contribution in [0.1, 0.15) is 122 Å². The van der Waals surface area contributed by atoms with E-state index in [1.54, 1.807) is 50.4 Å². The number of primary amides is 1. The molecule has 3 saturated heterocycles. The monoisotopic (exact) mass is 1180 g/mol. The van der Waals surface area contributed by atoms with Gasteiger partial charge in [-0.2, -0.15) is 0 Å². The molecule has 2 aromatic carbocycles. The van der Waals surface area contributed by atoms with Crippen molar-refractivity contribution in [2.24, 2.45) is 28.1 Å². The van der Waals surface area contributed by atoms with E-state index in [1.165, 1.54) is 16.7 Å². The first-order valence-electron chi connectivity index (χ1n) is 29.6. The number of aromatic nitrogens is 1. The Balaban J connectivity index is 1.41. The van der Waals surface area contributed by atoms with Gasteiger partial charge in [-0.05, 0) is 87.3 Å². The summed E-state index contributed by atoms with van der Waals surface area (Å²) in [6, 6.07) is 4.86. The lowest BCUT2D eigenvalue weighted by Gasteiger charge is -2.31. The van der Waals surface area contributed by atoms with Crippen LogP contribution in [-0.2, 0) is 65.6 Å². The first-order chi connectivity index (χ1) is 40.6. The number of para-hydroxylation sites is 1. The number of hydrogen-bond donors (Lipinski definition) is 12. The van der Waals surface area contributed by atoms with Crippen LogP contribution >= 0.6 is 0 Å².